The summed E-state index contributed by atoms with van der Waals surface area (Å²) in [7, 11) is 0. The zero-order chi connectivity index (χ0) is 35.1. The summed E-state index contributed by atoms with van der Waals surface area (Å²) in [6.07, 6.45) is 14.4. The minimum absolute atomic E-state index is 0.0398. The van der Waals surface area contributed by atoms with Gasteiger partial charge in [-0.1, -0.05) is 103 Å². The molecule has 2 atom stereocenters. The summed E-state index contributed by atoms with van der Waals surface area (Å²) in [5.74, 6) is -3.23. The number of carbonyl (C=O) groups excluding carboxylic acids is 6. The highest BCUT2D eigenvalue weighted by atomic mass is 16.2. The number of Topliss-reactive ketones (excluding diaryl/α,β-unsaturated/α-hetero) is 2. The molecule has 0 saturated carbocycles. The molecule has 0 aliphatic carbocycles. The molecule has 0 aromatic heterocycles. The Hall–Kier alpha value is -3.88. The highest BCUT2D eigenvalue weighted by Gasteiger charge is 2.33. The summed E-state index contributed by atoms with van der Waals surface area (Å²) in [5, 5.41) is 3.88. The third-order valence-electron chi connectivity index (χ3n) is 9.38. The number of nitrogens with zero attached hydrogens (tertiary/aromatic N) is 1. The maximum atomic E-state index is 13.3. The second-order valence-corrected chi connectivity index (χ2v) is 13.4. The molecule has 48 heavy (non-hydrogen) atoms. The second-order valence-electron chi connectivity index (χ2n) is 13.4. The first-order valence-electron chi connectivity index (χ1n) is 18.1. The molecule has 0 saturated heterocycles. The average molecular weight is 662 g/mol. The number of primary amides is 1. The molecule has 0 unspecified atom stereocenters. The van der Waals surface area contributed by atoms with Crippen LogP contribution in [0.3, 0.4) is 0 Å². The summed E-state index contributed by atoms with van der Waals surface area (Å²) in [6, 6.07) is 7.73. The largest absolute Gasteiger partial charge is 0.370 e. The lowest BCUT2D eigenvalue weighted by atomic mass is 9.89. The van der Waals surface area contributed by atoms with Crippen LogP contribution in [0.15, 0.2) is 30.3 Å². The van der Waals surface area contributed by atoms with Crippen molar-refractivity contribution in [2.75, 3.05) is 6.54 Å². The van der Waals surface area contributed by atoms with Gasteiger partial charge in [0.15, 0.2) is 5.78 Å². The molecule has 0 bridgehead atoms. The molecule has 262 valence electrons. The average Bonchev–Trinajstić information content (AvgIpc) is 3.05. The third kappa shape index (κ3) is 11.1. The van der Waals surface area contributed by atoms with Gasteiger partial charge in [0.25, 0.3) is 11.8 Å². The van der Waals surface area contributed by atoms with Crippen LogP contribution in [-0.4, -0.2) is 52.7 Å². The van der Waals surface area contributed by atoms with Crippen molar-refractivity contribution >= 4 is 46.0 Å². The van der Waals surface area contributed by atoms with Gasteiger partial charge in [-0.3, -0.25) is 33.7 Å². The number of unbranched alkanes of at least 4 members (excludes halogenated alkanes) is 11. The van der Waals surface area contributed by atoms with Gasteiger partial charge in [0.05, 0.1) is 12.0 Å². The van der Waals surface area contributed by atoms with Crippen LogP contribution < -0.4 is 11.1 Å². The van der Waals surface area contributed by atoms with Gasteiger partial charge in [0.2, 0.25) is 11.8 Å². The fourth-order valence-corrected chi connectivity index (χ4v) is 6.50. The number of hydrogen-bond acceptors (Lipinski definition) is 6. The van der Waals surface area contributed by atoms with Gasteiger partial charge in [-0.2, -0.15) is 0 Å². The van der Waals surface area contributed by atoms with Crippen molar-refractivity contribution in [1.82, 2.24) is 10.2 Å². The van der Waals surface area contributed by atoms with E-state index in [0.717, 1.165) is 32.1 Å². The number of hydrogen-bond donors (Lipinski definition) is 2. The predicted octanol–water partition coefficient (Wildman–Crippen LogP) is 7.00. The predicted molar refractivity (Wildman–Crippen MR) is 189 cm³/mol. The lowest BCUT2D eigenvalue weighted by Gasteiger charge is -2.27. The van der Waals surface area contributed by atoms with Gasteiger partial charge in [-0.05, 0) is 42.8 Å². The summed E-state index contributed by atoms with van der Waals surface area (Å²) in [4.78, 5) is 78.6. The lowest BCUT2D eigenvalue weighted by Crippen LogP contribution is -2.43. The Balaban J connectivity index is 1.53. The Kier molecular flexibility index (Phi) is 15.9. The molecule has 9 nitrogen and oxygen atoms in total. The number of imide groups is 1. The van der Waals surface area contributed by atoms with E-state index in [2.05, 4.69) is 12.2 Å². The normalized spacial score (nSPS) is 13.9. The van der Waals surface area contributed by atoms with Gasteiger partial charge < -0.3 is 11.1 Å². The van der Waals surface area contributed by atoms with E-state index >= 15 is 0 Å². The van der Waals surface area contributed by atoms with Crippen LogP contribution in [-0.2, 0) is 25.6 Å². The van der Waals surface area contributed by atoms with Crippen molar-refractivity contribution in [3.63, 3.8) is 0 Å². The van der Waals surface area contributed by atoms with Crippen molar-refractivity contribution in [3.8, 4) is 0 Å². The molecule has 1 aliphatic rings. The standard InChI is InChI=1S/C39H55N3O6/c1-4-6-8-9-10-11-12-13-14-15-16-18-30(43)24-29(26-35(40)45)37(46)41-27(3)34(44)25-28-21-22-33-36-31(28)19-17-20-32(36)38(47)42(39(33)48)23-7-5-2/h17,19-22,27,29H,4-16,18,23-26H2,1-3H3,(H2,40,45)(H,41,46)/t27-,29+/m0/s1. The van der Waals surface area contributed by atoms with Gasteiger partial charge in [0, 0.05) is 48.7 Å². The molecule has 1 aliphatic heterocycles. The molecule has 2 aromatic carbocycles. The van der Waals surface area contributed by atoms with Crippen LogP contribution >= 0.6 is 0 Å². The van der Waals surface area contributed by atoms with Crippen LogP contribution in [0.1, 0.15) is 150 Å². The first-order valence-corrected chi connectivity index (χ1v) is 18.1. The number of ketones is 2. The molecule has 1 heterocycles. The van der Waals surface area contributed by atoms with Crippen LogP contribution in [0.25, 0.3) is 10.8 Å². The molecular weight excluding hydrogens is 606 g/mol. The van der Waals surface area contributed by atoms with Crippen LogP contribution in [0, 0.1) is 5.92 Å². The molecule has 2 aromatic rings. The Labute approximate surface area is 285 Å². The van der Waals surface area contributed by atoms with Crippen molar-refractivity contribution in [2.24, 2.45) is 11.7 Å². The summed E-state index contributed by atoms with van der Waals surface area (Å²) >= 11 is 0. The minimum Gasteiger partial charge on any atom is -0.370 e. The van der Waals surface area contributed by atoms with Crippen molar-refractivity contribution < 1.29 is 28.8 Å². The van der Waals surface area contributed by atoms with E-state index in [1.807, 2.05) is 6.92 Å². The number of rotatable bonds is 24. The number of nitrogens with one attached hydrogen (secondary N) is 1. The Morgan fingerprint density at radius 1 is 0.750 bits per heavy atom. The van der Waals surface area contributed by atoms with Gasteiger partial charge in [-0.15, -0.1) is 0 Å². The molecular formula is C39H55N3O6. The highest BCUT2D eigenvalue weighted by Crippen LogP contribution is 2.33. The lowest BCUT2D eigenvalue weighted by molar-refractivity contribution is -0.134. The molecule has 0 fully saturated rings. The zero-order valence-corrected chi connectivity index (χ0v) is 29.2. The monoisotopic (exact) mass is 661 g/mol. The van der Waals surface area contributed by atoms with E-state index < -0.39 is 23.8 Å². The maximum absolute atomic E-state index is 13.3. The molecule has 9 heteroatoms. The van der Waals surface area contributed by atoms with Crippen molar-refractivity contribution in [2.45, 2.75) is 136 Å². The molecule has 0 radical (unpaired) electrons. The minimum atomic E-state index is -0.939. The van der Waals surface area contributed by atoms with E-state index in [1.54, 1.807) is 37.3 Å². The van der Waals surface area contributed by atoms with E-state index in [9.17, 15) is 28.8 Å². The Morgan fingerprint density at radius 3 is 1.94 bits per heavy atom. The molecule has 4 amide bonds. The fraction of sp³-hybridized carbons (Fsp3) is 0.590. The quantitative estimate of drug-likeness (QED) is 0.0916. The number of amides is 4. The zero-order valence-electron chi connectivity index (χ0n) is 29.2. The summed E-state index contributed by atoms with van der Waals surface area (Å²) < 4.78 is 0. The Morgan fingerprint density at radius 2 is 1.33 bits per heavy atom. The van der Waals surface area contributed by atoms with Gasteiger partial charge >= 0.3 is 0 Å². The van der Waals surface area contributed by atoms with E-state index in [4.69, 9.17) is 5.73 Å². The highest BCUT2D eigenvalue weighted by molar-refractivity contribution is 6.26. The number of nitrogens with two attached hydrogens (primary N) is 1. The van der Waals surface area contributed by atoms with E-state index in [1.165, 1.54) is 49.8 Å². The van der Waals surface area contributed by atoms with Crippen molar-refractivity contribution in [3.05, 3.63) is 47.0 Å². The maximum Gasteiger partial charge on any atom is 0.261 e. The molecule has 0 spiro atoms. The van der Waals surface area contributed by atoms with Gasteiger partial charge in [-0.25, -0.2) is 0 Å². The first-order chi connectivity index (χ1) is 23.1. The second kappa shape index (κ2) is 19.8. The Bertz CT molecular complexity index is 1430. The molecule has 3 N–H and O–H groups in total. The first kappa shape index (κ1) is 38.6. The van der Waals surface area contributed by atoms with Crippen LogP contribution in [0.2, 0.25) is 0 Å². The topological polar surface area (TPSA) is 144 Å². The SMILES string of the molecule is CCCCCCCCCCCCCC(=O)C[C@H](CC(N)=O)C(=O)N[C@@H](C)C(=O)Cc1ccc2c3c(cccc13)C(=O)N(CCCC)C2=O. The smallest absolute Gasteiger partial charge is 0.261 e. The summed E-state index contributed by atoms with van der Waals surface area (Å²) in [5.41, 5.74) is 6.91. The van der Waals surface area contributed by atoms with Crippen LogP contribution in [0.4, 0.5) is 0 Å². The van der Waals surface area contributed by atoms with Crippen molar-refractivity contribution in [1.29, 1.82) is 0 Å². The molecule has 3 rings (SSSR count). The van der Waals surface area contributed by atoms with Gasteiger partial charge in [0.1, 0.15) is 5.78 Å². The third-order valence-corrected chi connectivity index (χ3v) is 9.38. The number of benzene rings is 2. The van der Waals surface area contributed by atoms with Crippen LogP contribution in [0.5, 0.6) is 0 Å². The summed E-state index contributed by atoms with van der Waals surface area (Å²) in [6.45, 7) is 6.14. The fourth-order valence-electron chi connectivity index (χ4n) is 6.50. The van der Waals surface area contributed by atoms with E-state index in [-0.39, 0.29) is 42.6 Å². The van der Waals surface area contributed by atoms with E-state index in [0.29, 0.717) is 46.8 Å². The number of carbonyl (C=O) groups is 6.